The molecule has 0 unspecified atom stereocenters. The molecule has 0 aliphatic rings. The maximum atomic E-state index is 3.52. The average Bonchev–Trinajstić information content (AvgIpc) is 2.16. The van der Waals surface area contributed by atoms with Gasteiger partial charge in [-0.2, -0.15) is 0 Å². The number of benzene rings is 1. The van der Waals surface area contributed by atoms with Gasteiger partial charge in [0.2, 0.25) is 0 Å². The second-order valence-corrected chi connectivity index (χ2v) is 4.28. The van der Waals surface area contributed by atoms with Crippen molar-refractivity contribution >= 4 is 5.69 Å². The Morgan fingerprint density at radius 2 is 1.86 bits per heavy atom. The van der Waals surface area contributed by atoms with E-state index in [4.69, 9.17) is 0 Å². The van der Waals surface area contributed by atoms with E-state index in [0.717, 1.165) is 12.8 Å². The van der Waals surface area contributed by atoms with Crippen LogP contribution in [0, 0.1) is 6.42 Å². The Kier molecular flexibility index (Phi) is 3.99. The lowest BCUT2D eigenvalue weighted by atomic mass is 9.97. The highest BCUT2D eigenvalue weighted by molar-refractivity contribution is 5.44. The fraction of sp³-hybridized carbons (Fsp3) is 0.462. The van der Waals surface area contributed by atoms with Crippen molar-refractivity contribution in [3.05, 3.63) is 36.8 Å². The zero-order chi connectivity index (χ0) is 10.4. The molecule has 1 aromatic carbocycles. The first-order valence-corrected chi connectivity index (χ1v) is 5.29. The minimum Gasteiger partial charge on any atom is -0.380 e. The Bertz CT molecular complexity index is 251. The van der Waals surface area contributed by atoms with E-state index in [1.54, 1.807) is 0 Å². The van der Waals surface area contributed by atoms with Gasteiger partial charge in [0.15, 0.2) is 0 Å². The molecule has 0 saturated heterocycles. The SMILES string of the molecule is CC[CH]CC(C)(C)Nc1ccccc1. The predicted octanol–water partition coefficient (Wildman–Crippen LogP) is 3.88. The van der Waals surface area contributed by atoms with Crippen molar-refractivity contribution < 1.29 is 0 Å². The van der Waals surface area contributed by atoms with Crippen LogP contribution in [0.3, 0.4) is 0 Å². The summed E-state index contributed by atoms with van der Waals surface area (Å²) in [5.74, 6) is 0. The summed E-state index contributed by atoms with van der Waals surface area (Å²) in [4.78, 5) is 0. The molecular formula is C13H20N. The number of rotatable bonds is 5. The molecule has 0 bridgehead atoms. The Labute approximate surface area is 87.5 Å². The van der Waals surface area contributed by atoms with Crippen LogP contribution in [0.4, 0.5) is 5.69 Å². The number of hydrogen-bond donors (Lipinski definition) is 1. The molecule has 14 heavy (non-hydrogen) atoms. The van der Waals surface area contributed by atoms with Gasteiger partial charge >= 0.3 is 0 Å². The predicted molar refractivity (Wildman–Crippen MR) is 63.4 cm³/mol. The van der Waals surface area contributed by atoms with Crippen molar-refractivity contribution in [2.24, 2.45) is 0 Å². The lowest BCUT2D eigenvalue weighted by molar-refractivity contribution is 0.550. The number of unbranched alkanes of at least 4 members (excludes halogenated alkanes) is 1. The van der Waals surface area contributed by atoms with Gasteiger partial charge in [-0.05, 0) is 38.8 Å². The number of hydrogen-bond acceptors (Lipinski definition) is 1. The van der Waals surface area contributed by atoms with Crippen molar-refractivity contribution in [2.75, 3.05) is 5.32 Å². The molecular weight excluding hydrogens is 170 g/mol. The van der Waals surface area contributed by atoms with Crippen LogP contribution in [0.25, 0.3) is 0 Å². The van der Waals surface area contributed by atoms with Gasteiger partial charge in [-0.15, -0.1) is 0 Å². The molecule has 77 valence electrons. The fourth-order valence-electron chi connectivity index (χ4n) is 1.47. The van der Waals surface area contributed by atoms with Gasteiger partial charge in [0.05, 0.1) is 0 Å². The highest BCUT2D eigenvalue weighted by atomic mass is 15.0. The van der Waals surface area contributed by atoms with E-state index in [0.29, 0.717) is 0 Å². The van der Waals surface area contributed by atoms with E-state index in [1.165, 1.54) is 5.69 Å². The summed E-state index contributed by atoms with van der Waals surface area (Å²) in [6, 6.07) is 10.4. The normalized spacial score (nSPS) is 11.4. The average molecular weight is 190 g/mol. The Hall–Kier alpha value is -0.980. The molecule has 1 N–H and O–H groups in total. The minimum atomic E-state index is 0.150. The van der Waals surface area contributed by atoms with Crippen LogP contribution in [0.15, 0.2) is 30.3 Å². The Morgan fingerprint density at radius 1 is 1.21 bits per heavy atom. The molecule has 0 amide bonds. The molecule has 0 saturated carbocycles. The van der Waals surface area contributed by atoms with Crippen LogP contribution < -0.4 is 5.32 Å². The van der Waals surface area contributed by atoms with E-state index in [1.807, 2.05) is 6.07 Å². The van der Waals surface area contributed by atoms with Crippen LogP contribution in [-0.2, 0) is 0 Å². The van der Waals surface area contributed by atoms with E-state index in [2.05, 4.69) is 56.8 Å². The third kappa shape index (κ3) is 3.82. The molecule has 0 aromatic heterocycles. The molecule has 1 radical (unpaired) electrons. The largest absolute Gasteiger partial charge is 0.380 e. The zero-order valence-electron chi connectivity index (χ0n) is 9.38. The summed E-state index contributed by atoms with van der Waals surface area (Å²) >= 11 is 0. The highest BCUT2D eigenvalue weighted by Crippen LogP contribution is 2.19. The highest BCUT2D eigenvalue weighted by Gasteiger charge is 2.15. The molecule has 1 heteroatoms. The third-order valence-electron chi connectivity index (χ3n) is 2.20. The van der Waals surface area contributed by atoms with Crippen LogP contribution in [0.2, 0.25) is 0 Å². The first-order valence-electron chi connectivity index (χ1n) is 5.29. The molecule has 0 heterocycles. The van der Waals surface area contributed by atoms with E-state index in [9.17, 15) is 0 Å². The molecule has 0 spiro atoms. The molecule has 1 nitrogen and oxygen atoms in total. The second kappa shape index (κ2) is 5.04. The van der Waals surface area contributed by atoms with Crippen LogP contribution in [0.1, 0.15) is 33.6 Å². The van der Waals surface area contributed by atoms with Gasteiger partial charge in [0, 0.05) is 11.2 Å². The van der Waals surface area contributed by atoms with E-state index < -0.39 is 0 Å². The van der Waals surface area contributed by atoms with E-state index >= 15 is 0 Å². The Morgan fingerprint density at radius 3 is 2.43 bits per heavy atom. The van der Waals surface area contributed by atoms with Gasteiger partial charge in [0.1, 0.15) is 0 Å². The molecule has 0 aliphatic carbocycles. The Balaban J connectivity index is 2.50. The standard InChI is InChI=1S/C13H20N/c1-4-5-11-13(2,3)14-12-9-7-6-8-10-12/h5-10,14H,4,11H2,1-3H3. The topological polar surface area (TPSA) is 12.0 Å². The van der Waals surface area contributed by atoms with Crippen LogP contribution in [-0.4, -0.2) is 5.54 Å². The molecule has 0 atom stereocenters. The van der Waals surface area contributed by atoms with Gasteiger partial charge < -0.3 is 5.32 Å². The quantitative estimate of drug-likeness (QED) is 0.743. The second-order valence-electron chi connectivity index (χ2n) is 4.28. The molecule has 0 aliphatic heterocycles. The maximum absolute atomic E-state index is 3.52. The summed E-state index contributed by atoms with van der Waals surface area (Å²) in [7, 11) is 0. The molecule has 1 rings (SSSR count). The summed E-state index contributed by atoms with van der Waals surface area (Å²) in [6.45, 7) is 6.64. The van der Waals surface area contributed by atoms with Crippen molar-refractivity contribution in [1.29, 1.82) is 0 Å². The van der Waals surface area contributed by atoms with Crippen molar-refractivity contribution in [3.8, 4) is 0 Å². The molecule has 1 aromatic rings. The van der Waals surface area contributed by atoms with Crippen molar-refractivity contribution in [3.63, 3.8) is 0 Å². The molecule has 0 fully saturated rings. The van der Waals surface area contributed by atoms with Gasteiger partial charge in [0.25, 0.3) is 0 Å². The summed E-state index contributed by atoms with van der Waals surface area (Å²) in [5, 5.41) is 3.52. The summed E-state index contributed by atoms with van der Waals surface area (Å²) in [6.07, 6.45) is 4.55. The summed E-state index contributed by atoms with van der Waals surface area (Å²) in [5.41, 5.74) is 1.35. The fourth-order valence-corrected chi connectivity index (χ4v) is 1.47. The first kappa shape index (κ1) is 11.1. The summed E-state index contributed by atoms with van der Waals surface area (Å²) < 4.78 is 0. The minimum absolute atomic E-state index is 0.150. The smallest absolute Gasteiger partial charge is 0.0344 e. The van der Waals surface area contributed by atoms with Gasteiger partial charge in [-0.3, -0.25) is 0 Å². The van der Waals surface area contributed by atoms with Crippen LogP contribution in [0.5, 0.6) is 0 Å². The number of anilines is 1. The monoisotopic (exact) mass is 190 g/mol. The van der Waals surface area contributed by atoms with E-state index in [-0.39, 0.29) is 5.54 Å². The number of nitrogens with one attached hydrogen (secondary N) is 1. The number of para-hydroxylation sites is 1. The van der Waals surface area contributed by atoms with Gasteiger partial charge in [-0.25, -0.2) is 0 Å². The van der Waals surface area contributed by atoms with Gasteiger partial charge in [-0.1, -0.05) is 31.5 Å². The lowest BCUT2D eigenvalue weighted by Crippen LogP contribution is -2.30. The zero-order valence-corrected chi connectivity index (χ0v) is 9.38. The lowest BCUT2D eigenvalue weighted by Gasteiger charge is -2.27. The van der Waals surface area contributed by atoms with Crippen molar-refractivity contribution in [1.82, 2.24) is 0 Å². The third-order valence-corrected chi connectivity index (χ3v) is 2.20. The van der Waals surface area contributed by atoms with Crippen molar-refractivity contribution in [2.45, 2.75) is 39.2 Å². The first-order chi connectivity index (χ1) is 6.64. The maximum Gasteiger partial charge on any atom is 0.0344 e. The van der Waals surface area contributed by atoms with Crippen LogP contribution >= 0.6 is 0 Å².